The van der Waals surface area contributed by atoms with Gasteiger partial charge in [-0.3, -0.25) is 9.78 Å². The molecule has 0 aliphatic heterocycles. The zero-order valence-electron chi connectivity index (χ0n) is 13.1. The van der Waals surface area contributed by atoms with Crippen molar-refractivity contribution in [1.82, 2.24) is 15.2 Å². The molecule has 5 nitrogen and oxygen atoms in total. The maximum atomic E-state index is 12.9. The van der Waals surface area contributed by atoms with E-state index >= 15 is 0 Å². The molecule has 3 rings (SSSR count). The van der Waals surface area contributed by atoms with Crippen LogP contribution in [0.4, 0.5) is 29.2 Å². The fourth-order valence-electron chi connectivity index (χ4n) is 2.24. The predicted octanol–water partition coefficient (Wildman–Crippen LogP) is 3.66. The van der Waals surface area contributed by atoms with Gasteiger partial charge in [-0.2, -0.15) is 13.2 Å². The van der Waals surface area contributed by atoms with E-state index in [0.717, 1.165) is 12.1 Å². The van der Waals surface area contributed by atoms with Crippen molar-refractivity contribution in [2.45, 2.75) is 12.6 Å². The van der Waals surface area contributed by atoms with E-state index in [1.807, 2.05) is 0 Å². The molecule has 0 bridgehead atoms. The molecular formula is C17H12F4N4O. The van der Waals surface area contributed by atoms with Crippen LogP contribution in [0.3, 0.4) is 0 Å². The van der Waals surface area contributed by atoms with Gasteiger partial charge < -0.3 is 5.32 Å². The Morgan fingerprint density at radius 2 is 1.77 bits per heavy atom. The summed E-state index contributed by atoms with van der Waals surface area (Å²) in [6.45, 7) is 0. The number of anilines is 2. The largest absolute Gasteiger partial charge is 0.416 e. The number of nitrogens with one attached hydrogen (secondary N) is 2. The second-order valence-electron chi connectivity index (χ2n) is 5.46. The lowest BCUT2D eigenvalue weighted by Crippen LogP contribution is -2.19. The maximum absolute atomic E-state index is 12.9. The molecule has 0 fully saturated rings. The topological polar surface area (TPSA) is 70.7 Å². The summed E-state index contributed by atoms with van der Waals surface area (Å²) >= 11 is 0. The Morgan fingerprint density at radius 1 is 1.04 bits per heavy atom. The Labute approximate surface area is 144 Å². The van der Waals surface area contributed by atoms with E-state index < -0.39 is 23.1 Å². The molecule has 3 aromatic rings. The van der Waals surface area contributed by atoms with E-state index in [1.54, 1.807) is 0 Å². The molecule has 0 unspecified atom stereocenters. The van der Waals surface area contributed by atoms with Gasteiger partial charge >= 0.3 is 6.18 Å². The van der Waals surface area contributed by atoms with Crippen molar-refractivity contribution in [2.24, 2.45) is 0 Å². The average Bonchev–Trinajstić information content (AvgIpc) is 2.59. The minimum Gasteiger partial charge on any atom is -0.324 e. The van der Waals surface area contributed by atoms with Gasteiger partial charge in [-0.25, -0.2) is 4.39 Å². The Balaban J connectivity index is 1.78. The second-order valence-corrected chi connectivity index (χ2v) is 5.46. The molecule has 0 saturated heterocycles. The fraction of sp³-hybridized carbons (Fsp3) is 0.118. The Morgan fingerprint density at radius 3 is 2.42 bits per heavy atom. The highest BCUT2D eigenvalue weighted by molar-refractivity contribution is 5.54. The van der Waals surface area contributed by atoms with E-state index in [0.29, 0.717) is 5.56 Å². The van der Waals surface area contributed by atoms with Crippen LogP contribution in [0.5, 0.6) is 0 Å². The van der Waals surface area contributed by atoms with Crippen molar-refractivity contribution >= 4 is 11.6 Å². The summed E-state index contributed by atoms with van der Waals surface area (Å²) in [5, 5.41) is 10.1. The predicted molar refractivity (Wildman–Crippen MR) is 86.6 cm³/mol. The highest BCUT2D eigenvalue weighted by atomic mass is 19.4. The van der Waals surface area contributed by atoms with Crippen molar-refractivity contribution in [3.8, 4) is 0 Å². The van der Waals surface area contributed by atoms with Gasteiger partial charge in [-0.1, -0.05) is 18.2 Å². The fourth-order valence-corrected chi connectivity index (χ4v) is 2.24. The van der Waals surface area contributed by atoms with E-state index in [1.165, 1.54) is 36.4 Å². The van der Waals surface area contributed by atoms with Crippen LogP contribution in [0.1, 0.15) is 16.8 Å². The third kappa shape index (κ3) is 4.24. The number of nitrogens with zero attached hydrogens (tertiary/aromatic N) is 2. The Kier molecular flexibility index (Phi) is 4.70. The molecule has 0 spiro atoms. The highest BCUT2D eigenvalue weighted by Crippen LogP contribution is 2.31. The number of alkyl halides is 3. The van der Waals surface area contributed by atoms with Gasteiger partial charge in [0.2, 0.25) is 5.95 Å². The lowest BCUT2D eigenvalue weighted by atomic mass is 10.1. The monoisotopic (exact) mass is 364 g/mol. The first-order valence-corrected chi connectivity index (χ1v) is 7.46. The van der Waals surface area contributed by atoms with Crippen molar-refractivity contribution in [1.29, 1.82) is 0 Å². The number of aromatic amines is 1. The first-order chi connectivity index (χ1) is 12.3. The van der Waals surface area contributed by atoms with E-state index in [9.17, 15) is 22.4 Å². The van der Waals surface area contributed by atoms with Gasteiger partial charge in [0, 0.05) is 12.1 Å². The van der Waals surface area contributed by atoms with Crippen LogP contribution in [0.15, 0.2) is 53.3 Å². The van der Waals surface area contributed by atoms with Gasteiger partial charge in [0.15, 0.2) is 0 Å². The first kappa shape index (κ1) is 17.6. The molecule has 0 amide bonds. The summed E-state index contributed by atoms with van der Waals surface area (Å²) in [5.74, 6) is -0.480. The highest BCUT2D eigenvalue weighted by Gasteiger charge is 2.30. The number of hydrogen-bond donors (Lipinski definition) is 2. The molecule has 26 heavy (non-hydrogen) atoms. The van der Waals surface area contributed by atoms with E-state index in [4.69, 9.17) is 0 Å². The smallest absolute Gasteiger partial charge is 0.324 e. The maximum Gasteiger partial charge on any atom is 0.416 e. The number of rotatable bonds is 4. The molecule has 0 aliphatic carbocycles. The molecule has 0 radical (unpaired) electrons. The van der Waals surface area contributed by atoms with Gasteiger partial charge in [0.1, 0.15) is 11.5 Å². The summed E-state index contributed by atoms with van der Waals surface area (Å²) in [6, 6.07) is 10.0. The quantitative estimate of drug-likeness (QED) is 0.693. The molecule has 9 heteroatoms. The summed E-state index contributed by atoms with van der Waals surface area (Å²) < 4.78 is 51.0. The molecule has 134 valence electrons. The van der Waals surface area contributed by atoms with E-state index in [2.05, 4.69) is 20.5 Å². The third-order valence-corrected chi connectivity index (χ3v) is 3.50. The van der Waals surface area contributed by atoms with Crippen molar-refractivity contribution < 1.29 is 17.6 Å². The number of H-pyrrole nitrogens is 1. The van der Waals surface area contributed by atoms with Crippen molar-refractivity contribution in [3.05, 3.63) is 81.5 Å². The van der Waals surface area contributed by atoms with Crippen LogP contribution in [-0.2, 0) is 12.6 Å². The molecule has 0 atom stereocenters. The van der Waals surface area contributed by atoms with Crippen LogP contribution >= 0.6 is 0 Å². The number of hydrogen-bond acceptors (Lipinski definition) is 4. The van der Waals surface area contributed by atoms with Crippen LogP contribution in [0.25, 0.3) is 0 Å². The zero-order valence-corrected chi connectivity index (χ0v) is 13.1. The van der Waals surface area contributed by atoms with Crippen molar-refractivity contribution in [3.63, 3.8) is 0 Å². The number of halogens is 4. The minimum absolute atomic E-state index is 0.0859. The zero-order chi connectivity index (χ0) is 18.7. The third-order valence-electron chi connectivity index (χ3n) is 3.50. The molecular weight excluding hydrogens is 352 g/mol. The molecule has 2 aromatic carbocycles. The first-order valence-electron chi connectivity index (χ1n) is 7.46. The molecule has 0 aliphatic rings. The van der Waals surface area contributed by atoms with Gasteiger partial charge in [0.25, 0.3) is 5.56 Å². The molecule has 0 saturated carbocycles. The van der Waals surface area contributed by atoms with Gasteiger partial charge in [-0.05, 0) is 35.9 Å². The van der Waals surface area contributed by atoms with Crippen LogP contribution < -0.4 is 10.9 Å². The minimum atomic E-state index is -4.48. The standard InChI is InChI=1S/C17H12F4N4O/c18-12-6-4-10(5-7-12)8-14-15(26)23-16(25-24-14)22-13-3-1-2-11(9-13)17(19,20)21/h1-7,9H,8H2,(H2,22,23,25,26). The Bertz CT molecular complexity index is 967. The SMILES string of the molecule is O=c1[nH]c(Nc2cccc(C(F)(F)F)c2)nnc1Cc1ccc(F)cc1. The Hall–Kier alpha value is -3.23. The summed E-state index contributed by atoms with van der Waals surface area (Å²) in [5.41, 5.74) is -0.489. The lowest BCUT2D eigenvalue weighted by molar-refractivity contribution is -0.137. The van der Waals surface area contributed by atoms with Crippen LogP contribution in [-0.4, -0.2) is 15.2 Å². The van der Waals surface area contributed by atoms with Crippen LogP contribution in [0.2, 0.25) is 0 Å². The lowest BCUT2D eigenvalue weighted by Gasteiger charge is -2.10. The summed E-state index contributed by atoms with van der Waals surface area (Å²) in [4.78, 5) is 14.5. The number of benzene rings is 2. The molecule has 1 aromatic heterocycles. The summed E-state index contributed by atoms with van der Waals surface area (Å²) in [7, 11) is 0. The summed E-state index contributed by atoms with van der Waals surface area (Å²) in [6.07, 6.45) is -4.33. The second kappa shape index (κ2) is 6.95. The van der Waals surface area contributed by atoms with E-state index in [-0.39, 0.29) is 23.8 Å². The van der Waals surface area contributed by atoms with Crippen LogP contribution in [0, 0.1) is 5.82 Å². The molecule has 2 N–H and O–H groups in total. The van der Waals surface area contributed by atoms with Crippen molar-refractivity contribution in [2.75, 3.05) is 5.32 Å². The molecule has 1 heterocycles. The van der Waals surface area contributed by atoms with Gasteiger partial charge in [0.05, 0.1) is 5.56 Å². The normalized spacial score (nSPS) is 11.4. The van der Waals surface area contributed by atoms with Gasteiger partial charge in [-0.15, -0.1) is 10.2 Å². The average molecular weight is 364 g/mol. The number of aromatic nitrogens is 3.